The Balaban J connectivity index is 0.000000575. The Morgan fingerprint density at radius 3 is 2.67 bits per heavy atom. The maximum atomic E-state index is 4.51. The minimum Gasteiger partial charge on any atom is -0.322 e. The van der Waals surface area contributed by atoms with Gasteiger partial charge in [0, 0.05) is 44.1 Å². The maximum absolute atomic E-state index is 4.51. The van der Waals surface area contributed by atoms with E-state index < -0.39 is 0 Å². The van der Waals surface area contributed by atoms with Crippen molar-refractivity contribution in [2.24, 2.45) is 5.10 Å². The molecule has 0 aliphatic rings. The molecule has 3 aromatic rings. The molecule has 0 unspecified atom stereocenters. The fourth-order valence-electron chi connectivity index (χ4n) is 2.75. The summed E-state index contributed by atoms with van der Waals surface area (Å²) in [6.45, 7) is 15.5. The highest BCUT2D eigenvalue weighted by Crippen LogP contribution is 2.23. The van der Waals surface area contributed by atoms with Gasteiger partial charge in [-0.3, -0.25) is 9.41 Å². The standard InChI is InChI=1S/C17H20N8.C5H10/c1-12(2)25-15(6-7-21-25)22-16-17-20-10-14(24(17)9-8-19-16)13(3)11-23(5)18-4;1-3-5-4-2/h6-11H,1,4H2,2-3,5H3,(H,19,22);3,5H,4H2,1-2H3/b13-11+;5-3-. The van der Waals surface area contributed by atoms with Gasteiger partial charge in [-0.15, -0.1) is 0 Å². The molecule has 0 radical (unpaired) electrons. The zero-order valence-electron chi connectivity index (χ0n) is 18.4. The van der Waals surface area contributed by atoms with Crippen LogP contribution >= 0.6 is 0 Å². The summed E-state index contributed by atoms with van der Waals surface area (Å²) in [6, 6.07) is 1.86. The number of hydrogen-bond donors (Lipinski definition) is 1. The molecule has 8 heteroatoms. The van der Waals surface area contributed by atoms with Gasteiger partial charge >= 0.3 is 0 Å². The number of nitrogens with one attached hydrogen (secondary N) is 1. The second-order valence-electron chi connectivity index (χ2n) is 6.61. The third kappa shape index (κ3) is 5.44. The predicted octanol–water partition coefficient (Wildman–Crippen LogP) is 5.04. The van der Waals surface area contributed by atoms with Gasteiger partial charge in [-0.2, -0.15) is 10.2 Å². The molecule has 0 bridgehead atoms. The van der Waals surface area contributed by atoms with Gasteiger partial charge in [-0.05, 0) is 32.8 Å². The van der Waals surface area contributed by atoms with Crippen molar-refractivity contribution in [1.82, 2.24) is 29.2 Å². The molecular formula is C22H30N8. The molecule has 3 heterocycles. The van der Waals surface area contributed by atoms with Crippen LogP contribution in [0.1, 0.15) is 39.8 Å². The van der Waals surface area contributed by atoms with Crippen molar-refractivity contribution >= 4 is 35.3 Å². The first kappa shape index (κ1) is 22.6. The van der Waals surface area contributed by atoms with Crippen LogP contribution in [0.25, 0.3) is 16.9 Å². The van der Waals surface area contributed by atoms with Gasteiger partial charge in [0.2, 0.25) is 0 Å². The monoisotopic (exact) mass is 406 g/mol. The number of rotatable bonds is 7. The summed E-state index contributed by atoms with van der Waals surface area (Å²) in [5.74, 6) is 1.42. The number of allylic oxidation sites excluding steroid dienone is 4. The van der Waals surface area contributed by atoms with E-state index in [0.717, 1.165) is 29.2 Å². The van der Waals surface area contributed by atoms with Crippen LogP contribution in [0.2, 0.25) is 0 Å². The van der Waals surface area contributed by atoms with Gasteiger partial charge in [-0.25, -0.2) is 14.6 Å². The van der Waals surface area contributed by atoms with E-state index in [1.807, 2.05) is 50.7 Å². The lowest BCUT2D eigenvalue weighted by molar-refractivity contribution is 0.496. The highest BCUT2D eigenvalue weighted by molar-refractivity contribution is 5.73. The van der Waals surface area contributed by atoms with Crippen molar-refractivity contribution in [3.8, 4) is 0 Å². The lowest BCUT2D eigenvalue weighted by Crippen LogP contribution is -2.05. The van der Waals surface area contributed by atoms with E-state index in [9.17, 15) is 0 Å². The van der Waals surface area contributed by atoms with Crippen molar-refractivity contribution in [2.75, 3.05) is 12.4 Å². The Kier molecular flexibility index (Phi) is 8.10. The first-order valence-corrected chi connectivity index (χ1v) is 9.71. The first-order valence-electron chi connectivity index (χ1n) is 9.71. The second-order valence-corrected chi connectivity index (χ2v) is 6.61. The normalized spacial score (nSPS) is 11.3. The molecule has 0 saturated carbocycles. The van der Waals surface area contributed by atoms with E-state index in [-0.39, 0.29) is 0 Å². The predicted molar refractivity (Wildman–Crippen MR) is 126 cm³/mol. The molecular weight excluding hydrogens is 376 g/mol. The highest BCUT2D eigenvalue weighted by atomic mass is 15.4. The van der Waals surface area contributed by atoms with Gasteiger partial charge in [0.1, 0.15) is 5.82 Å². The molecule has 3 rings (SSSR count). The summed E-state index contributed by atoms with van der Waals surface area (Å²) in [4.78, 5) is 8.92. The van der Waals surface area contributed by atoms with E-state index in [1.165, 1.54) is 0 Å². The summed E-state index contributed by atoms with van der Waals surface area (Å²) >= 11 is 0. The van der Waals surface area contributed by atoms with Crippen LogP contribution in [0.3, 0.4) is 0 Å². The van der Waals surface area contributed by atoms with Crippen LogP contribution in [-0.4, -0.2) is 42.9 Å². The van der Waals surface area contributed by atoms with Crippen molar-refractivity contribution in [1.29, 1.82) is 0 Å². The molecule has 1 N–H and O–H groups in total. The molecule has 0 fully saturated rings. The van der Waals surface area contributed by atoms with Crippen LogP contribution in [0, 0.1) is 0 Å². The van der Waals surface area contributed by atoms with Crippen LogP contribution in [0.15, 0.2) is 60.9 Å². The Morgan fingerprint density at radius 2 is 2.07 bits per heavy atom. The number of nitrogens with zero attached hydrogens (tertiary/aromatic N) is 7. The Labute approximate surface area is 178 Å². The summed E-state index contributed by atoms with van der Waals surface area (Å²) in [5, 5.41) is 13.0. The third-order valence-electron chi connectivity index (χ3n) is 4.16. The van der Waals surface area contributed by atoms with Crippen LogP contribution in [0.5, 0.6) is 0 Å². The van der Waals surface area contributed by atoms with E-state index >= 15 is 0 Å². The molecule has 0 aliphatic carbocycles. The summed E-state index contributed by atoms with van der Waals surface area (Å²) in [6.07, 6.45) is 14.3. The van der Waals surface area contributed by atoms with Gasteiger partial charge < -0.3 is 5.32 Å². The quantitative estimate of drug-likeness (QED) is 0.338. The Morgan fingerprint density at radius 1 is 1.30 bits per heavy atom. The van der Waals surface area contributed by atoms with E-state index in [1.54, 1.807) is 28.3 Å². The lowest BCUT2D eigenvalue weighted by Gasteiger charge is -2.10. The SMILES string of the molecule is C/C=C\CC.C=NN(C)/C=C(\C)c1cnc2c(Nc3ccnn3C(=C)C)nccn12. The number of imidazole rings is 1. The van der Waals surface area contributed by atoms with Crippen LogP contribution < -0.4 is 5.32 Å². The van der Waals surface area contributed by atoms with Crippen molar-refractivity contribution < 1.29 is 0 Å². The molecule has 158 valence electrons. The van der Waals surface area contributed by atoms with E-state index in [0.29, 0.717) is 11.5 Å². The van der Waals surface area contributed by atoms with Crippen molar-refractivity contribution in [3.63, 3.8) is 0 Å². The topological polar surface area (TPSA) is 75.6 Å². The molecule has 3 aromatic heterocycles. The molecule has 0 saturated heterocycles. The Bertz CT molecular complexity index is 1050. The number of hydrazone groups is 1. The van der Waals surface area contributed by atoms with E-state index in [4.69, 9.17) is 0 Å². The lowest BCUT2D eigenvalue weighted by atomic mass is 10.2. The molecule has 0 aromatic carbocycles. The minimum atomic E-state index is 0.639. The smallest absolute Gasteiger partial charge is 0.180 e. The van der Waals surface area contributed by atoms with Gasteiger partial charge in [0.05, 0.1) is 18.1 Å². The molecule has 8 nitrogen and oxygen atoms in total. The molecule has 0 amide bonds. The Hall–Kier alpha value is -3.68. The molecule has 0 atom stereocenters. The van der Waals surface area contributed by atoms with Gasteiger partial charge in [0.15, 0.2) is 11.5 Å². The molecule has 0 spiro atoms. The number of aromatic nitrogens is 5. The molecule has 30 heavy (non-hydrogen) atoms. The largest absolute Gasteiger partial charge is 0.322 e. The van der Waals surface area contributed by atoms with Crippen molar-refractivity contribution in [3.05, 3.63) is 61.5 Å². The van der Waals surface area contributed by atoms with Crippen LogP contribution in [-0.2, 0) is 0 Å². The first-order chi connectivity index (χ1) is 14.4. The van der Waals surface area contributed by atoms with Crippen LogP contribution in [0.4, 0.5) is 11.6 Å². The minimum absolute atomic E-state index is 0.639. The van der Waals surface area contributed by atoms with Crippen molar-refractivity contribution in [2.45, 2.75) is 34.1 Å². The van der Waals surface area contributed by atoms with Gasteiger partial charge in [-0.1, -0.05) is 25.7 Å². The highest BCUT2D eigenvalue weighted by Gasteiger charge is 2.12. The number of anilines is 2. The molecule has 0 aliphatic heterocycles. The summed E-state index contributed by atoms with van der Waals surface area (Å²) < 4.78 is 3.68. The van der Waals surface area contributed by atoms with Gasteiger partial charge in [0.25, 0.3) is 0 Å². The number of fused-ring (bicyclic) bond motifs is 1. The third-order valence-corrected chi connectivity index (χ3v) is 4.16. The van der Waals surface area contributed by atoms with E-state index in [2.05, 4.69) is 57.9 Å². The summed E-state index contributed by atoms with van der Waals surface area (Å²) in [5.41, 5.74) is 3.48. The average Bonchev–Trinajstić information content (AvgIpc) is 3.36. The fraction of sp³-hybridized carbons (Fsp3) is 0.273. The second kappa shape index (κ2) is 10.8. The number of hydrogen-bond acceptors (Lipinski definition) is 6. The zero-order valence-corrected chi connectivity index (χ0v) is 18.4. The summed E-state index contributed by atoms with van der Waals surface area (Å²) in [7, 11) is 1.83. The zero-order chi connectivity index (χ0) is 22.1. The fourth-order valence-corrected chi connectivity index (χ4v) is 2.75. The maximum Gasteiger partial charge on any atom is 0.180 e. The average molecular weight is 407 g/mol.